The Balaban J connectivity index is 2.01. The maximum atomic E-state index is 4.62. The number of fused-ring (bicyclic) bond motifs is 1. The van der Waals surface area contributed by atoms with Gasteiger partial charge < -0.3 is 10.2 Å². The fraction of sp³-hybridized carbons (Fsp3) is 0.211. The fourth-order valence-electron chi connectivity index (χ4n) is 2.75. The minimum atomic E-state index is 0.799. The zero-order valence-corrected chi connectivity index (χ0v) is 13.3. The van der Waals surface area contributed by atoms with Gasteiger partial charge in [0, 0.05) is 31.4 Å². The van der Waals surface area contributed by atoms with Gasteiger partial charge in [0.2, 0.25) is 0 Å². The van der Waals surface area contributed by atoms with E-state index in [0.717, 1.165) is 18.1 Å². The first-order valence-corrected chi connectivity index (χ1v) is 7.50. The van der Waals surface area contributed by atoms with Crippen LogP contribution < -0.4 is 10.2 Å². The highest BCUT2D eigenvalue weighted by Crippen LogP contribution is 2.32. The van der Waals surface area contributed by atoms with Gasteiger partial charge in [-0.3, -0.25) is 0 Å². The molecule has 0 fully saturated rings. The van der Waals surface area contributed by atoms with Crippen LogP contribution in [0, 0.1) is 6.92 Å². The van der Waals surface area contributed by atoms with E-state index in [1.807, 2.05) is 26.4 Å². The van der Waals surface area contributed by atoms with Crippen molar-refractivity contribution >= 4 is 22.3 Å². The molecule has 0 aliphatic rings. The zero-order chi connectivity index (χ0) is 15.5. The van der Waals surface area contributed by atoms with E-state index in [4.69, 9.17) is 0 Å². The van der Waals surface area contributed by atoms with Crippen LogP contribution in [0.1, 0.15) is 11.1 Å². The number of benzene rings is 2. The molecule has 0 unspecified atom stereocenters. The lowest BCUT2D eigenvalue weighted by Crippen LogP contribution is -2.12. The highest BCUT2D eigenvalue weighted by atomic mass is 15.1. The van der Waals surface area contributed by atoms with Crippen molar-refractivity contribution in [1.82, 2.24) is 4.98 Å². The van der Waals surface area contributed by atoms with Crippen LogP contribution in [0.25, 0.3) is 10.8 Å². The quantitative estimate of drug-likeness (QED) is 0.780. The van der Waals surface area contributed by atoms with Crippen LogP contribution in [-0.2, 0) is 6.54 Å². The van der Waals surface area contributed by atoms with Crippen LogP contribution in [-0.4, -0.2) is 19.1 Å². The molecule has 0 aliphatic carbocycles. The number of hydrogen-bond donors (Lipinski definition) is 1. The van der Waals surface area contributed by atoms with Crippen LogP contribution in [0.5, 0.6) is 0 Å². The van der Waals surface area contributed by atoms with E-state index in [1.165, 1.54) is 21.9 Å². The Bertz CT molecular complexity index is 779. The molecule has 112 valence electrons. The van der Waals surface area contributed by atoms with Crippen molar-refractivity contribution in [3.8, 4) is 0 Å². The number of anilines is 2. The lowest BCUT2D eigenvalue weighted by molar-refractivity contribution is 1.08. The summed E-state index contributed by atoms with van der Waals surface area (Å²) in [5.74, 6) is 1.00. The van der Waals surface area contributed by atoms with Crippen LogP contribution in [0.4, 0.5) is 11.5 Å². The SMILES string of the molecule is Cc1cccc2c(N(C)C)ncc(NCc3ccccc3)c12. The summed E-state index contributed by atoms with van der Waals surface area (Å²) < 4.78 is 0. The maximum absolute atomic E-state index is 4.62. The molecule has 2 aromatic carbocycles. The molecule has 3 nitrogen and oxygen atoms in total. The summed E-state index contributed by atoms with van der Waals surface area (Å²) in [7, 11) is 4.06. The predicted octanol–water partition coefficient (Wildman–Crippen LogP) is 4.22. The molecule has 1 N–H and O–H groups in total. The van der Waals surface area contributed by atoms with E-state index >= 15 is 0 Å². The largest absolute Gasteiger partial charge is 0.379 e. The lowest BCUT2D eigenvalue weighted by atomic mass is 10.0. The monoisotopic (exact) mass is 291 g/mol. The van der Waals surface area contributed by atoms with Gasteiger partial charge in [0.15, 0.2) is 0 Å². The molecule has 0 bridgehead atoms. The van der Waals surface area contributed by atoms with Gasteiger partial charge in [-0.05, 0) is 18.1 Å². The van der Waals surface area contributed by atoms with Gasteiger partial charge in [-0.25, -0.2) is 4.98 Å². The molecule has 0 radical (unpaired) electrons. The second-order valence-electron chi connectivity index (χ2n) is 5.73. The Morgan fingerprint density at radius 2 is 1.77 bits per heavy atom. The number of nitrogens with one attached hydrogen (secondary N) is 1. The van der Waals surface area contributed by atoms with Gasteiger partial charge in [0.05, 0.1) is 11.9 Å². The van der Waals surface area contributed by atoms with Crippen molar-refractivity contribution in [1.29, 1.82) is 0 Å². The zero-order valence-electron chi connectivity index (χ0n) is 13.3. The summed E-state index contributed by atoms with van der Waals surface area (Å²) in [5, 5.41) is 5.96. The molecule has 1 heterocycles. The Morgan fingerprint density at radius 3 is 2.50 bits per heavy atom. The molecule has 22 heavy (non-hydrogen) atoms. The number of nitrogens with zero attached hydrogens (tertiary/aromatic N) is 2. The molecular weight excluding hydrogens is 270 g/mol. The third kappa shape index (κ3) is 2.75. The summed E-state index contributed by atoms with van der Waals surface area (Å²) in [6.45, 7) is 2.95. The number of rotatable bonds is 4. The summed E-state index contributed by atoms with van der Waals surface area (Å²) in [4.78, 5) is 6.68. The summed E-state index contributed by atoms with van der Waals surface area (Å²) in [6, 6.07) is 16.8. The van der Waals surface area contributed by atoms with E-state index in [1.54, 1.807) is 0 Å². The molecule has 0 saturated heterocycles. The third-order valence-electron chi connectivity index (χ3n) is 3.85. The van der Waals surface area contributed by atoms with E-state index in [2.05, 4.69) is 64.6 Å². The fourth-order valence-corrected chi connectivity index (χ4v) is 2.75. The third-order valence-corrected chi connectivity index (χ3v) is 3.85. The first-order chi connectivity index (χ1) is 10.7. The van der Waals surface area contributed by atoms with Gasteiger partial charge in [0.25, 0.3) is 0 Å². The number of hydrogen-bond acceptors (Lipinski definition) is 3. The van der Waals surface area contributed by atoms with Crippen molar-refractivity contribution < 1.29 is 0 Å². The standard InChI is InChI=1S/C19H21N3/c1-14-8-7-11-16-18(14)17(13-21-19(16)22(2)3)20-12-15-9-5-4-6-10-15/h4-11,13,20H,12H2,1-3H3. The second-order valence-corrected chi connectivity index (χ2v) is 5.73. The smallest absolute Gasteiger partial charge is 0.136 e. The van der Waals surface area contributed by atoms with Crippen LogP contribution in [0.15, 0.2) is 54.7 Å². The average Bonchev–Trinajstić information content (AvgIpc) is 2.53. The van der Waals surface area contributed by atoms with E-state index in [0.29, 0.717) is 0 Å². The molecular formula is C19H21N3. The predicted molar refractivity (Wildman–Crippen MR) is 94.6 cm³/mol. The number of aromatic nitrogens is 1. The molecule has 0 aliphatic heterocycles. The van der Waals surface area contributed by atoms with Crippen molar-refractivity contribution in [3.63, 3.8) is 0 Å². The second kappa shape index (κ2) is 6.06. The molecule has 0 saturated carbocycles. The molecule has 3 heteroatoms. The molecule has 0 atom stereocenters. The Labute approximate surface area is 131 Å². The Morgan fingerprint density at radius 1 is 1.00 bits per heavy atom. The minimum absolute atomic E-state index is 0.799. The number of aryl methyl sites for hydroxylation is 1. The van der Waals surface area contributed by atoms with Gasteiger partial charge in [0.1, 0.15) is 5.82 Å². The highest BCUT2D eigenvalue weighted by Gasteiger charge is 2.10. The summed E-state index contributed by atoms with van der Waals surface area (Å²) in [5.41, 5.74) is 3.61. The van der Waals surface area contributed by atoms with E-state index in [-0.39, 0.29) is 0 Å². The van der Waals surface area contributed by atoms with Crippen LogP contribution in [0.3, 0.4) is 0 Å². The van der Waals surface area contributed by atoms with Crippen molar-refractivity contribution in [2.75, 3.05) is 24.3 Å². The molecule has 1 aromatic heterocycles. The average molecular weight is 291 g/mol. The number of pyridine rings is 1. The molecule has 0 amide bonds. The van der Waals surface area contributed by atoms with Crippen LogP contribution >= 0.6 is 0 Å². The van der Waals surface area contributed by atoms with E-state index in [9.17, 15) is 0 Å². The Hall–Kier alpha value is -2.55. The molecule has 3 aromatic rings. The first-order valence-electron chi connectivity index (χ1n) is 7.50. The summed E-state index contributed by atoms with van der Waals surface area (Å²) in [6.07, 6.45) is 1.94. The molecule has 0 spiro atoms. The van der Waals surface area contributed by atoms with Gasteiger partial charge in [-0.2, -0.15) is 0 Å². The minimum Gasteiger partial charge on any atom is -0.379 e. The first kappa shape index (κ1) is 14.4. The van der Waals surface area contributed by atoms with Gasteiger partial charge >= 0.3 is 0 Å². The lowest BCUT2D eigenvalue weighted by Gasteiger charge is -2.18. The molecule has 3 rings (SSSR count). The van der Waals surface area contributed by atoms with E-state index < -0.39 is 0 Å². The Kier molecular flexibility index (Phi) is 3.96. The topological polar surface area (TPSA) is 28.2 Å². The van der Waals surface area contributed by atoms with Crippen molar-refractivity contribution in [2.24, 2.45) is 0 Å². The normalized spacial score (nSPS) is 10.7. The maximum Gasteiger partial charge on any atom is 0.136 e. The van der Waals surface area contributed by atoms with Gasteiger partial charge in [-0.1, -0.05) is 48.5 Å². The summed E-state index contributed by atoms with van der Waals surface area (Å²) >= 11 is 0. The van der Waals surface area contributed by atoms with Crippen molar-refractivity contribution in [3.05, 3.63) is 65.9 Å². The van der Waals surface area contributed by atoms with Gasteiger partial charge in [-0.15, -0.1) is 0 Å². The van der Waals surface area contributed by atoms with Crippen molar-refractivity contribution in [2.45, 2.75) is 13.5 Å². The van der Waals surface area contributed by atoms with Crippen LogP contribution in [0.2, 0.25) is 0 Å². The highest BCUT2D eigenvalue weighted by molar-refractivity contribution is 6.02.